The summed E-state index contributed by atoms with van der Waals surface area (Å²) in [6, 6.07) is 8.18. The highest BCUT2D eigenvalue weighted by atomic mass is 35.5. The molecule has 0 aliphatic heterocycles. The van der Waals surface area contributed by atoms with E-state index in [1.54, 1.807) is 19.1 Å². The zero-order valence-corrected chi connectivity index (χ0v) is 11.4. The van der Waals surface area contributed by atoms with Gasteiger partial charge in [0.25, 0.3) is 5.91 Å². The van der Waals surface area contributed by atoms with Crippen molar-refractivity contribution in [2.45, 2.75) is 6.92 Å². The zero-order chi connectivity index (χ0) is 14.7. The van der Waals surface area contributed by atoms with Gasteiger partial charge in [-0.15, -0.1) is 0 Å². The molecule has 0 spiro atoms. The summed E-state index contributed by atoms with van der Waals surface area (Å²) in [6.45, 7) is 1.71. The average Bonchev–Trinajstić information content (AvgIpc) is 2.41. The van der Waals surface area contributed by atoms with E-state index < -0.39 is 0 Å². The summed E-state index contributed by atoms with van der Waals surface area (Å²) in [5.41, 5.74) is 7.61. The van der Waals surface area contributed by atoms with E-state index in [1.807, 2.05) is 6.07 Å². The first-order valence-electron chi connectivity index (χ1n) is 5.74. The van der Waals surface area contributed by atoms with Crippen molar-refractivity contribution in [2.75, 3.05) is 11.1 Å². The summed E-state index contributed by atoms with van der Waals surface area (Å²) >= 11 is 5.87. The highest BCUT2D eigenvalue weighted by Crippen LogP contribution is 2.21. The van der Waals surface area contributed by atoms with Gasteiger partial charge in [-0.25, -0.2) is 0 Å². The van der Waals surface area contributed by atoms with Gasteiger partial charge >= 0.3 is 0 Å². The fraction of sp³-hybridized carbons (Fsp3) is 0.0714. The van der Waals surface area contributed by atoms with Gasteiger partial charge in [0.2, 0.25) is 0 Å². The maximum absolute atomic E-state index is 12.2. The third-order valence-electron chi connectivity index (χ3n) is 2.70. The van der Waals surface area contributed by atoms with E-state index in [4.69, 9.17) is 22.6 Å². The summed E-state index contributed by atoms with van der Waals surface area (Å²) in [5, 5.41) is 12.1. The summed E-state index contributed by atoms with van der Waals surface area (Å²) in [7, 11) is 0. The second-order valence-electron chi connectivity index (χ2n) is 4.16. The number of nitrogen functional groups attached to an aromatic ring is 1. The summed E-state index contributed by atoms with van der Waals surface area (Å²) in [5.74, 6) is -0.388. The number of amides is 1. The molecule has 0 aliphatic rings. The molecular weight excluding hydrogens is 276 g/mol. The fourth-order valence-electron chi connectivity index (χ4n) is 1.69. The molecule has 0 saturated carbocycles. The molecule has 5 nitrogen and oxygen atoms in total. The van der Waals surface area contributed by atoms with E-state index in [9.17, 15) is 4.79 Å². The Balaban J connectivity index is 2.35. The molecule has 20 heavy (non-hydrogen) atoms. The SMILES string of the molecule is Cc1ncc(N)cc1C(=O)Nc1cc(Cl)ccc1C#N. The van der Waals surface area contributed by atoms with Crippen LogP contribution < -0.4 is 11.1 Å². The maximum atomic E-state index is 12.2. The van der Waals surface area contributed by atoms with E-state index in [2.05, 4.69) is 10.3 Å². The molecule has 2 rings (SSSR count). The average molecular weight is 287 g/mol. The molecule has 1 aromatic carbocycles. The third-order valence-corrected chi connectivity index (χ3v) is 2.94. The zero-order valence-electron chi connectivity index (χ0n) is 10.6. The van der Waals surface area contributed by atoms with E-state index in [-0.39, 0.29) is 5.91 Å². The molecule has 1 aromatic heterocycles. The van der Waals surface area contributed by atoms with Crippen LogP contribution in [0.1, 0.15) is 21.6 Å². The van der Waals surface area contributed by atoms with Crippen LogP contribution in [0.3, 0.4) is 0 Å². The van der Waals surface area contributed by atoms with Crippen molar-refractivity contribution in [1.29, 1.82) is 5.26 Å². The number of benzene rings is 1. The number of hydrogen-bond acceptors (Lipinski definition) is 4. The topological polar surface area (TPSA) is 91.8 Å². The first kappa shape index (κ1) is 13.8. The van der Waals surface area contributed by atoms with Crippen molar-refractivity contribution in [3.8, 4) is 6.07 Å². The quantitative estimate of drug-likeness (QED) is 0.888. The van der Waals surface area contributed by atoms with Gasteiger partial charge in [0.1, 0.15) is 6.07 Å². The molecular formula is C14H11ClN4O. The highest BCUT2D eigenvalue weighted by molar-refractivity contribution is 6.31. The maximum Gasteiger partial charge on any atom is 0.257 e. The number of carbonyl (C=O) groups excluding carboxylic acids is 1. The lowest BCUT2D eigenvalue weighted by Crippen LogP contribution is -2.15. The van der Waals surface area contributed by atoms with Crippen molar-refractivity contribution in [3.05, 3.63) is 52.3 Å². The Labute approximate surface area is 121 Å². The standard InChI is InChI=1S/C14H11ClN4O/c1-8-12(5-11(17)7-18-8)14(20)19-13-4-10(15)3-2-9(13)6-16/h2-5,7H,17H2,1H3,(H,19,20). The largest absolute Gasteiger partial charge is 0.397 e. The van der Waals surface area contributed by atoms with E-state index in [0.717, 1.165) is 0 Å². The molecule has 1 amide bonds. The van der Waals surface area contributed by atoms with Gasteiger partial charge in [-0.2, -0.15) is 5.26 Å². The Morgan fingerprint density at radius 3 is 2.90 bits per heavy atom. The molecule has 0 unspecified atom stereocenters. The Kier molecular flexibility index (Phi) is 3.87. The molecule has 0 saturated heterocycles. The second-order valence-corrected chi connectivity index (χ2v) is 4.59. The molecule has 100 valence electrons. The predicted octanol–water partition coefficient (Wildman–Crippen LogP) is 2.75. The van der Waals surface area contributed by atoms with Crippen molar-refractivity contribution >= 4 is 28.9 Å². The first-order valence-corrected chi connectivity index (χ1v) is 6.12. The number of hydrogen-bond donors (Lipinski definition) is 2. The van der Waals surface area contributed by atoms with Crippen LogP contribution in [0.25, 0.3) is 0 Å². The lowest BCUT2D eigenvalue weighted by Gasteiger charge is -2.09. The number of anilines is 2. The van der Waals surface area contributed by atoms with E-state index in [1.165, 1.54) is 18.3 Å². The smallest absolute Gasteiger partial charge is 0.257 e. The van der Waals surface area contributed by atoms with Crippen molar-refractivity contribution in [2.24, 2.45) is 0 Å². The van der Waals surface area contributed by atoms with Crippen LogP contribution >= 0.6 is 11.6 Å². The Morgan fingerprint density at radius 1 is 1.45 bits per heavy atom. The van der Waals surface area contributed by atoms with Crippen LogP contribution in [-0.2, 0) is 0 Å². The number of rotatable bonds is 2. The number of nitriles is 1. The molecule has 6 heteroatoms. The van der Waals surface area contributed by atoms with Crippen LogP contribution in [0.2, 0.25) is 5.02 Å². The number of carbonyl (C=O) groups is 1. The van der Waals surface area contributed by atoms with Gasteiger partial charge in [0.05, 0.1) is 34.4 Å². The number of nitrogens with one attached hydrogen (secondary N) is 1. The normalized spacial score (nSPS) is 9.85. The lowest BCUT2D eigenvalue weighted by atomic mass is 10.1. The van der Waals surface area contributed by atoms with Gasteiger partial charge in [-0.3, -0.25) is 9.78 Å². The molecule has 0 radical (unpaired) electrons. The van der Waals surface area contributed by atoms with Crippen LogP contribution in [-0.4, -0.2) is 10.9 Å². The molecule has 0 bridgehead atoms. The van der Waals surface area contributed by atoms with Gasteiger partial charge in [-0.05, 0) is 31.2 Å². The fourth-order valence-corrected chi connectivity index (χ4v) is 1.86. The van der Waals surface area contributed by atoms with Gasteiger partial charge in [0.15, 0.2) is 0 Å². The number of aryl methyl sites for hydroxylation is 1. The van der Waals surface area contributed by atoms with Gasteiger partial charge < -0.3 is 11.1 Å². The molecule has 0 aliphatic carbocycles. The van der Waals surface area contributed by atoms with Crippen molar-refractivity contribution in [1.82, 2.24) is 4.98 Å². The summed E-state index contributed by atoms with van der Waals surface area (Å²) < 4.78 is 0. The van der Waals surface area contributed by atoms with Crippen molar-refractivity contribution in [3.63, 3.8) is 0 Å². The van der Waals surface area contributed by atoms with E-state index in [0.29, 0.717) is 33.2 Å². The van der Waals surface area contributed by atoms with Crippen LogP contribution in [0.4, 0.5) is 11.4 Å². The minimum Gasteiger partial charge on any atom is -0.397 e. The molecule has 0 atom stereocenters. The molecule has 0 fully saturated rings. The molecule has 1 heterocycles. The number of halogens is 1. The highest BCUT2D eigenvalue weighted by Gasteiger charge is 2.13. The Morgan fingerprint density at radius 2 is 2.20 bits per heavy atom. The number of aromatic nitrogens is 1. The Bertz CT molecular complexity index is 722. The molecule has 2 aromatic rings. The van der Waals surface area contributed by atoms with Gasteiger partial charge in [0, 0.05) is 5.02 Å². The third kappa shape index (κ3) is 2.87. The van der Waals surface area contributed by atoms with Crippen LogP contribution in [0.15, 0.2) is 30.5 Å². The summed E-state index contributed by atoms with van der Waals surface area (Å²) in [4.78, 5) is 16.2. The Hall–Kier alpha value is -2.58. The van der Waals surface area contributed by atoms with Crippen LogP contribution in [0.5, 0.6) is 0 Å². The number of nitrogens with two attached hydrogens (primary N) is 1. The predicted molar refractivity (Wildman–Crippen MR) is 77.5 cm³/mol. The monoisotopic (exact) mass is 286 g/mol. The van der Waals surface area contributed by atoms with E-state index >= 15 is 0 Å². The number of nitrogens with zero attached hydrogens (tertiary/aromatic N) is 2. The second kappa shape index (κ2) is 5.59. The summed E-state index contributed by atoms with van der Waals surface area (Å²) in [6.07, 6.45) is 1.48. The van der Waals surface area contributed by atoms with Crippen LogP contribution in [0, 0.1) is 18.3 Å². The minimum absolute atomic E-state index is 0.331. The van der Waals surface area contributed by atoms with Gasteiger partial charge in [-0.1, -0.05) is 11.6 Å². The minimum atomic E-state index is -0.388. The molecule has 3 N–H and O–H groups in total. The lowest BCUT2D eigenvalue weighted by molar-refractivity contribution is 0.102. The van der Waals surface area contributed by atoms with Crippen molar-refractivity contribution < 1.29 is 4.79 Å². The number of pyridine rings is 1. The first-order chi connectivity index (χ1) is 9.51.